The van der Waals surface area contributed by atoms with Crippen LogP contribution in [0.1, 0.15) is 23.6 Å². The molecule has 2 aromatic rings. The van der Waals surface area contributed by atoms with E-state index in [0.717, 1.165) is 52.2 Å². The Bertz CT molecular complexity index is 640. The van der Waals surface area contributed by atoms with Gasteiger partial charge in [-0.1, -0.05) is 11.2 Å². The fourth-order valence-electron chi connectivity index (χ4n) is 3.60. The van der Waals surface area contributed by atoms with E-state index >= 15 is 0 Å². The lowest BCUT2D eigenvalue weighted by Gasteiger charge is -2.47. The van der Waals surface area contributed by atoms with Crippen molar-refractivity contribution in [2.45, 2.75) is 31.9 Å². The molecular weight excluding hydrogens is 312 g/mol. The molecule has 0 bridgehead atoms. The van der Waals surface area contributed by atoms with Crippen molar-refractivity contribution in [1.29, 1.82) is 0 Å². The van der Waals surface area contributed by atoms with Crippen molar-refractivity contribution in [3.05, 3.63) is 28.3 Å². The van der Waals surface area contributed by atoms with Crippen LogP contribution in [0.15, 0.2) is 21.9 Å². The molecular formula is C16H22N4O2S. The van der Waals surface area contributed by atoms with E-state index in [9.17, 15) is 0 Å². The molecule has 0 N–H and O–H groups in total. The minimum atomic E-state index is -0.115. The van der Waals surface area contributed by atoms with Crippen LogP contribution in [0.25, 0.3) is 0 Å². The summed E-state index contributed by atoms with van der Waals surface area (Å²) in [5.41, 5.74) is -0.115. The highest BCUT2D eigenvalue weighted by Crippen LogP contribution is 2.32. The van der Waals surface area contributed by atoms with Crippen LogP contribution < -0.4 is 4.90 Å². The van der Waals surface area contributed by atoms with Crippen LogP contribution in [0.2, 0.25) is 0 Å². The third-order valence-corrected chi connectivity index (χ3v) is 5.47. The second-order valence-corrected chi connectivity index (χ2v) is 7.48. The van der Waals surface area contributed by atoms with Gasteiger partial charge in [0.25, 0.3) is 0 Å². The first-order valence-corrected chi connectivity index (χ1v) is 9.04. The number of ether oxygens (including phenoxy) is 1. The summed E-state index contributed by atoms with van der Waals surface area (Å²) < 4.78 is 11.8. The fourth-order valence-corrected chi connectivity index (χ4v) is 4.35. The minimum absolute atomic E-state index is 0.115. The van der Waals surface area contributed by atoms with Crippen molar-refractivity contribution >= 4 is 17.4 Å². The van der Waals surface area contributed by atoms with Crippen LogP contribution in [-0.2, 0) is 11.3 Å². The van der Waals surface area contributed by atoms with E-state index in [1.165, 1.54) is 4.88 Å². The van der Waals surface area contributed by atoms with E-state index in [1.807, 2.05) is 18.3 Å². The molecule has 0 saturated carbocycles. The van der Waals surface area contributed by atoms with Crippen molar-refractivity contribution in [3.8, 4) is 0 Å². The second kappa shape index (κ2) is 6.22. The maximum atomic E-state index is 6.24. The molecule has 23 heavy (non-hydrogen) atoms. The van der Waals surface area contributed by atoms with Crippen LogP contribution in [0.5, 0.6) is 0 Å². The third kappa shape index (κ3) is 3.27. The predicted molar refractivity (Wildman–Crippen MR) is 88.8 cm³/mol. The summed E-state index contributed by atoms with van der Waals surface area (Å²) >= 11 is 1.83. The van der Waals surface area contributed by atoms with Crippen LogP contribution in [0, 0.1) is 6.92 Å². The maximum Gasteiger partial charge on any atom is 0.318 e. The van der Waals surface area contributed by atoms with Crippen molar-refractivity contribution in [1.82, 2.24) is 15.1 Å². The van der Waals surface area contributed by atoms with Gasteiger partial charge in [0, 0.05) is 38.0 Å². The van der Waals surface area contributed by atoms with Gasteiger partial charge in [0.05, 0.1) is 18.8 Å². The maximum absolute atomic E-state index is 6.24. The van der Waals surface area contributed by atoms with E-state index in [4.69, 9.17) is 9.15 Å². The molecule has 7 heteroatoms. The van der Waals surface area contributed by atoms with Crippen LogP contribution >= 0.6 is 11.3 Å². The SMILES string of the molecule is Cc1nnc(N2CCC[C@@]3(CN(Cc4cccs4)CCO3)C2)o1. The van der Waals surface area contributed by atoms with Gasteiger partial charge in [0.1, 0.15) is 0 Å². The third-order valence-electron chi connectivity index (χ3n) is 4.61. The Balaban J connectivity index is 1.46. The van der Waals surface area contributed by atoms with Gasteiger partial charge in [0.2, 0.25) is 5.89 Å². The fraction of sp³-hybridized carbons (Fsp3) is 0.625. The van der Waals surface area contributed by atoms with Gasteiger partial charge in [-0.05, 0) is 24.3 Å². The zero-order valence-corrected chi connectivity index (χ0v) is 14.2. The van der Waals surface area contributed by atoms with Crippen LogP contribution in [0.4, 0.5) is 6.01 Å². The molecule has 2 aromatic heterocycles. The molecule has 1 spiro atoms. The zero-order chi connectivity index (χ0) is 15.7. The van der Waals surface area contributed by atoms with E-state index in [1.54, 1.807) is 0 Å². The molecule has 0 amide bonds. The van der Waals surface area contributed by atoms with E-state index in [0.29, 0.717) is 11.9 Å². The molecule has 4 rings (SSSR count). The average molecular weight is 334 g/mol. The quantitative estimate of drug-likeness (QED) is 0.858. The highest BCUT2D eigenvalue weighted by molar-refractivity contribution is 7.09. The Morgan fingerprint density at radius 1 is 1.30 bits per heavy atom. The Morgan fingerprint density at radius 3 is 3.04 bits per heavy atom. The monoisotopic (exact) mass is 334 g/mol. The molecule has 0 aromatic carbocycles. The van der Waals surface area contributed by atoms with Crippen molar-refractivity contribution in [2.24, 2.45) is 0 Å². The first-order valence-electron chi connectivity index (χ1n) is 8.16. The van der Waals surface area contributed by atoms with Gasteiger partial charge in [-0.2, -0.15) is 0 Å². The summed E-state index contributed by atoms with van der Waals surface area (Å²) in [5, 5.41) is 10.3. The molecule has 1 atom stereocenters. The Kier molecular flexibility index (Phi) is 4.09. The number of rotatable bonds is 3. The summed E-state index contributed by atoms with van der Waals surface area (Å²) in [6.07, 6.45) is 2.19. The Hall–Kier alpha value is -1.44. The van der Waals surface area contributed by atoms with Gasteiger partial charge >= 0.3 is 6.01 Å². The first-order chi connectivity index (χ1) is 11.2. The van der Waals surface area contributed by atoms with Crippen molar-refractivity contribution < 1.29 is 9.15 Å². The topological polar surface area (TPSA) is 54.6 Å². The van der Waals surface area contributed by atoms with Gasteiger partial charge in [-0.25, -0.2) is 0 Å². The lowest BCUT2D eigenvalue weighted by molar-refractivity contribution is -0.116. The number of thiophene rings is 1. The summed E-state index contributed by atoms with van der Waals surface area (Å²) in [6.45, 7) is 7.39. The summed E-state index contributed by atoms with van der Waals surface area (Å²) in [4.78, 5) is 6.11. The summed E-state index contributed by atoms with van der Waals surface area (Å²) in [7, 11) is 0. The molecule has 6 nitrogen and oxygen atoms in total. The number of nitrogens with zero attached hydrogens (tertiary/aromatic N) is 4. The number of piperidine rings is 1. The lowest BCUT2D eigenvalue weighted by Crippen LogP contribution is -2.59. The highest BCUT2D eigenvalue weighted by atomic mass is 32.1. The molecule has 2 saturated heterocycles. The number of hydrogen-bond donors (Lipinski definition) is 0. The standard InChI is InChI=1S/C16H22N4O2S/c1-13-17-18-15(22-13)20-6-3-5-16(12-20)11-19(7-8-21-16)10-14-4-2-9-23-14/h2,4,9H,3,5-8,10-12H2,1H3/t16-/m1/s1. The number of aromatic nitrogens is 2. The Morgan fingerprint density at radius 2 is 2.26 bits per heavy atom. The summed E-state index contributed by atoms with van der Waals surface area (Å²) in [5.74, 6) is 0.614. The number of morpholine rings is 1. The minimum Gasteiger partial charge on any atom is -0.408 e. The van der Waals surface area contributed by atoms with E-state index in [2.05, 4.69) is 37.5 Å². The van der Waals surface area contributed by atoms with Gasteiger partial charge in [0.15, 0.2) is 0 Å². The van der Waals surface area contributed by atoms with E-state index in [-0.39, 0.29) is 5.60 Å². The largest absolute Gasteiger partial charge is 0.408 e. The molecule has 2 aliphatic rings. The molecule has 2 fully saturated rings. The number of hydrogen-bond acceptors (Lipinski definition) is 7. The predicted octanol–water partition coefficient (Wildman–Crippen LogP) is 2.31. The van der Waals surface area contributed by atoms with Crippen molar-refractivity contribution in [2.75, 3.05) is 37.7 Å². The zero-order valence-electron chi connectivity index (χ0n) is 13.4. The number of aryl methyl sites for hydroxylation is 1. The highest BCUT2D eigenvalue weighted by Gasteiger charge is 2.41. The molecule has 0 unspecified atom stereocenters. The van der Waals surface area contributed by atoms with Crippen LogP contribution in [0.3, 0.4) is 0 Å². The Labute approximate surface area is 140 Å². The molecule has 0 aliphatic carbocycles. The second-order valence-electron chi connectivity index (χ2n) is 6.45. The number of anilines is 1. The molecule has 4 heterocycles. The first kappa shape index (κ1) is 15.1. The van der Waals surface area contributed by atoms with Gasteiger partial charge in [-0.3, -0.25) is 4.90 Å². The average Bonchev–Trinajstić information content (AvgIpc) is 3.19. The van der Waals surface area contributed by atoms with Gasteiger partial charge < -0.3 is 14.1 Å². The summed E-state index contributed by atoms with van der Waals surface area (Å²) in [6, 6.07) is 4.96. The normalized spacial score (nSPS) is 26.0. The molecule has 0 radical (unpaired) electrons. The van der Waals surface area contributed by atoms with Crippen molar-refractivity contribution in [3.63, 3.8) is 0 Å². The molecule has 124 valence electrons. The lowest BCUT2D eigenvalue weighted by atomic mass is 9.91. The van der Waals surface area contributed by atoms with Gasteiger partial charge in [-0.15, -0.1) is 16.4 Å². The van der Waals surface area contributed by atoms with Crippen LogP contribution in [-0.4, -0.2) is 53.5 Å². The van der Waals surface area contributed by atoms with E-state index < -0.39 is 0 Å². The molecule has 2 aliphatic heterocycles. The smallest absolute Gasteiger partial charge is 0.318 e.